The van der Waals surface area contributed by atoms with Gasteiger partial charge in [-0.15, -0.1) is 0 Å². The monoisotopic (exact) mass is 340 g/mol. The highest BCUT2D eigenvalue weighted by Gasteiger charge is 2.45. The van der Waals surface area contributed by atoms with Crippen LogP contribution in [0.25, 0.3) is 11.6 Å². The summed E-state index contributed by atoms with van der Waals surface area (Å²) in [6.45, 7) is 0. The van der Waals surface area contributed by atoms with Gasteiger partial charge >= 0.3 is 0 Å². The second-order valence-corrected chi connectivity index (χ2v) is 7.51. The molecule has 0 bridgehead atoms. The molecule has 5 rings (SSSR count). The first-order valence-electron chi connectivity index (χ1n) is 9.04. The molecule has 26 heavy (non-hydrogen) atoms. The van der Waals surface area contributed by atoms with E-state index in [0.29, 0.717) is 5.56 Å². The third-order valence-corrected chi connectivity index (χ3v) is 5.93. The predicted molar refractivity (Wildman–Crippen MR) is 104 cm³/mol. The molecule has 0 aliphatic heterocycles. The maximum atomic E-state index is 10.3. The molecule has 0 saturated heterocycles. The fourth-order valence-corrected chi connectivity index (χ4v) is 4.74. The topological polar surface area (TPSA) is 40.5 Å². The van der Waals surface area contributed by atoms with Gasteiger partial charge < -0.3 is 10.2 Å². The van der Waals surface area contributed by atoms with E-state index in [1.807, 2.05) is 6.07 Å². The Balaban J connectivity index is 1.69. The summed E-state index contributed by atoms with van der Waals surface area (Å²) >= 11 is 0. The van der Waals surface area contributed by atoms with Crippen LogP contribution in [0.5, 0.6) is 11.5 Å². The van der Waals surface area contributed by atoms with Crippen LogP contribution in [0.4, 0.5) is 0 Å². The minimum Gasteiger partial charge on any atom is -0.504 e. The Bertz CT molecular complexity index is 1020. The van der Waals surface area contributed by atoms with Gasteiger partial charge in [-0.2, -0.15) is 0 Å². The number of para-hydroxylation sites is 1. The highest BCUT2D eigenvalue weighted by atomic mass is 16.3. The summed E-state index contributed by atoms with van der Waals surface area (Å²) in [6, 6.07) is 22.4. The molecule has 2 aliphatic rings. The first-order valence-corrected chi connectivity index (χ1v) is 9.04. The van der Waals surface area contributed by atoms with Crippen LogP contribution in [0.15, 0.2) is 66.7 Å². The summed E-state index contributed by atoms with van der Waals surface area (Å²) in [5.41, 5.74) is 7.45. The van der Waals surface area contributed by atoms with Crippen LogP contribution in [0.2, 0.25) is 0 Å². The van der Waals surface area contributed by atoms with E-state index in [1.165, 1.54) is 33.9 Å². The van der Waals surface area contributed by atoms with Crippen LogP contribution < -0.4 is 0 Å². The third kappa shape index (κ3) is 2.19. The number of phenolic OH excluding ortho intramolecular Hbond substituents is 2. The molecule has 0 unspecified atom stereocenters. The van der Waals surface area contributed by atoms with Crippen LogP contribution >= 0.6 is 0 Å². The maximum Gasteiger partial charge on any atom is 0.164 e. The summed E-state index contributed by atoms with van der Waals surface area (Å²) in [7, 11) is 0. The summed E-state index contributed by atoms with van der Waals surface area (Å²) in [6.07, 6.45) is 5.13. The standard InChI is InChI=1S/C24H20O2/c25-22-11-5-9-16(23(22)26)12-21-20-10-4-3-8-19(20)15-24(21)13-17-6-1-2-7-18(17)14-24/h1-12,25-26H,13-15H2/b21-12-. The molecule has 0 heterocycles. The predicted octanol–water partition coefficient (Wildman–Crippen LogP) is 4.98. The lowest BCUT2D eigenvalue weighted by atomic mass is 9.77. The minimum absolute atomic E-state index is 0.0330. The van der Waals surface area contributed by atoms with Crippen molar-refractivity contribution in [2.75, 3.05) is 0 Å². The van der Waals surface area contributed by atoms with Gasteiger partial charge in [0.2, 0.25) is 0 Å². The molecule has 0 radical (unpaired) electrons. The summed E-state index contributed by atoms with van der Waals surface area (Å²) in [5.74, 6) is -0.121. The molecule has 2 aliphatic carbocycles. The van der Waals surface area contributed by atoms with Crippen LogP contribution in [-0.2, 0) is 19.3 Å². The Morgan fingerprint density at radius 2 is 1.31 bits per heavy atom. The molecule has 2 N–H and O–H groups in total. The molecule has 128 valence electrons. The first-order chi connectivity index (χ1) is 12.7. The highest BCUT2D eigenvalue weighted by Crippen LogP contribution is 2.55. The fourth-order valence-electron chi connectivity index (χ4n) is 4.74. The van der Waals surface area contributed by atoms with Crippen LogP contribution in [0, 0.1) is 5.41 Å². The summed E-state index contributed by atoms with van der Waals surface area (Å²) < 4.78 is 0. The molecule has 3 aromatic carbocycles. The van der Waals surface area contributed by atoms with Gasteiger partial charge in [-0.1, -0.05) is 60.7 Å². The Labute approximate surface area is 153 Å². The molecule has 1 spiro atoms. The normalized spacial score (nSPS) is 18.2. The van der Waals surface area contributed by atoms with Gasteiger partial charge in [0, 0.05) is 11.0 Å². The molecule has 0 fully saturated rings. The van der Waals surface area contributed by atoms with Gasteiger partial charge in [-0.25, -0.2) is 0 Å². The quantitative estimate of drug-likeness (QED) is 0.613. The van der Waals surface area contributed by atoms with E-state index in [-0.39, 0.29) is 16.9 Å². The van der Waals surface area contributed by atoms with Gasteiger partial charge in [0.05, 0.1) is 0 Å². The van der Waals surface area contributed by atoms with Crippen LogP contribution in [0.3, 0.4) is 0 Å². The average molecular weight is 340 g/mol. The largest absolute Gasteiger partial charge is 0.504 e. The van der Waals surface area contributed by atoms with Crippen molar-refractivity contribution in [2.24, 2.45) is 5.41 Å². The van der Waals surface area contributed by atoms with Gasteiger partial charge in [-0.3, -0.25) is 0 Å². The van der Waals surface area contributed by atoms with Gasteiger partial charge in [0.15, 0.2) is 11.5 Å². The Morgan fingerprint density at radius 1 is 0.692 bits per heavy atom. The van der Waals surface area contributed by atoms with Gasteiger partial charge in [0.1, 0.15) is 0 Å². The van der Waals surface area contributed by atoms with E-state index in [9.17, 15) is 10.2 Å². The lowest BCUT2D eigenvalue weighted by Crippen LogP contribution is -2.20. The summed E-state index contributed by atoms with van der Waals surface area (Å²) in [4.78, 5) is 0. The SMILES string of the molecule is Oc1cccc(/C=C2/c3ccccc3CC23Cc2ccccc2C3)c1O. The van der Waals surface area contributed by atoms with Gasteiger partial charge in [-0.05, 0) is 59.2 Å². The molecule has 2 nitrogen and oxygen atoms in total. The van der Waals surface area contributed by atoms with E-state index >= 15 is 0 Å². The average Bonchev–Trinajstić information content (AvgIpc) is 3.16. The zero-order valence-corrected chi connectivity index (χ0v) is 14.4. The highest BCUT2D eigenvalue weighted by molar-refractivity contribution is 5.91. The third-order valence-electron chi connectivity index (χ3n) is 5.93. The van der Waals surface area contributed by atoms with Gasteiger partial charge in [0.25, 0.3) is 0 Å². The number of allylic oxidation sites excluding steroid dienone is 1. The van der Waals surface area contributed by atoms with Crippen molar-refractivity contribution in [3.05, 3.63) is 94.5 Å². The molecular formula is C24H20O2. The molecule has 2 heteroatoms. The zero-order chi connectivity index (χ0) is 17.7. The fraction of sp³-hybridized carbons (Fsp3) is 0.167. The molecule has 3 aromatic rings. The molecule has 0 saturated carbocycles. The van der Waals surface area contributed by atoms with Crippen molar-refractivity contribution in [2.45, 2.75) is 19.3 Å². The number of fused-ring (bicyclic) bond motifs is 2. The smallest absolute Gasteiger partial charge is 0.164 e. The van der Waals surface area contributed by atoms with Crippen LogP contribution in [-0.4, -0.2) is 10.2 Å². The number of aromatic hydroxyl groups is 2. The van der Waals surface area contributed by atoms with E-state index < -0.39 is 0 Å². The lowest BCUT2D eigenvalue weighted by Gasteiger charge is -2.26. The van der Waals surface area contributed by atoms with E-state index in [0.717, 1.165) is 19.3 Å². The Kier molecular flexibility index (Phi) is 3.23. The maximum absolute atomic E-state index is 10.3. The zero-order valence-electron chi connectivity index (χ0n) is 14.4. The first kappa shape index (κ1) is 15.3. The Morgan fingerprint density at radius 3 is 2.04 bits per heavy atom. The second kappa shape index (κ2) is 5.50. The van der Waals surface area contributed by atoms with E-state index in [2.05, 4.69) is 54.6 Å². The Hall–Kier alpha value is -3.00. The van der Waals surface area contributed by atoms with Crippen LogP contribution in [0.1, 0.15) is 27.8 Å². The number of hydrogen-bond acceptors (Lipinski definition) is 2. The number of benzene rings is 3. The van der Waals surface area contributed by atoms with E-state index in [4.69, 9.17) is 0 Å². The van der Waals surface area contributed by atoms with Crippen molar-refractivity contribution in [1.29, 1.82) is 0 Å². The number of rotatable bonds is 1. The lowest BCUT2D eigenvalue weighted by molar-refractivity contribution is 0.403. The molecular weight excluding hydrogens is 320 g/mol. The number of phenols is 2. The summed E-state index contributed by atoms with van der Waals surface area (Å²) in [5, 5.41) is 20.2. The van der Waals surface area contributed by atoms with Crippen molar-refractivity contribution >= 4 is 11.6 Å². The van der Waals surface area contributed by atoms with Crippen molar-refractivity contribution in [3.8, 4) is 11.5 Å². The van der Waals surface area contributed by atoms with E-state index in [1.54, 1.807) is 6.07 Å². The molecule has 0 atom stereocenters. The van der Waals surface area contributed by atoms with Crippen molar-refractivity contribution in [3.63, 3.8) is 0 Å². The van der Waals surface area contributed by atoms with Crippen molar-refractivity contribution < 1.29 is 10.2 Å². The number of hydrogen-bond donors (Lipinski definition) is 2. The molecule has 0 amide bonds. The van der Waals surface area contributed by atoms with Crippen molar-refractivity contribution in [1.82, 2.24) is 0 Å². The molecule has 0 aromatic heterocycles. The second-order valence-electron chi connectivity index (χ2n) is 7.51. The minimum atomic E-state index is -0.0746.